The summed E-state index contributed by atoms with van der Waals surface area (Å²) in [7, 11) is 3.21. The smallest absolute Gasteiger partial charge is 0.177 e. The van der Waals surface area contributed by atoms with Crippen LogP contribution in [0, 0.1) is 13.8 Å². The molecule has 0 aromatic heterocycles. The summed E-state index contributed by atoms with van der Waals surface area (Å²) in [6.07, 6.45) is 0. The van der Waals surface area contributed by atoms with Crippen LogP contribution < -0.4 is 10.1 Å². The molecule has 0 bridgehead atoms. The molecule has 88 valence electrons. The second kappa shape index (κ2) is 4.99. The van der Waals surface area contributed by atoms with Gasteiger partial charge in [-0.2, -0.15) is 0 Å². The van der Waals surface area contributed by atoms with E-state index in [1.807, 2.05) is 13.8 Å². The summed E-state index contributed by atoms with van der Waals surface area (Å²) in [5.41, 5.74) is 2.17. The number of phenols is 1. The van der Waals surface area contributed by atoms with Gasteiger partial charge in [-0.1, -0.05) is 0 Å². The largest absolute Gasteiger partial charge is 0.504 e. The minimum atomic E-state index is -0.0407. The lowest BCUT2D eigenvalue weighted by Crippen LogP contribution is -2.19. The normalized spacial score (nSPS) is 10.2. The number of nitrogens with one attached hydrogen (secondary N) is 1. The van der Waals surface area contributed by atoms with Crippen molar-refractivity contribution in [2.24, 2.45) is 0 Å². The van der Waals surface area contributed by atoms with E-state index in [0.717, 1.165) is 11.1 Å². The average molecular weight is 223 g/mol. The van der Waals surface area contributed by atoms with Crippen LogP contribution in [0.15, 0.2) is 6.07 Å². The Labute approximate surface area is 95.2 Å². The van der Waals surface area contributed by atoms with Crippen molar-refractivity contribution in [1.29, 1.82) is 0 Å². The third-order valence-corrected chi connectivity index (χ3v) is 2.66. The lowest BCUT2D eigenvalue weighted by molar-refractivity contribution is 0.0992. The summed E-state index contributed by atoms with van der Waals surface area (Å²) in [6.45, 7) is 3.93. The molecule has 0 saturated carbocycles. The van der Waals surface area contributed by atoms with Crippen LogP contribution in [0.5, 0.6) is 11.5 Å². The van der Waals surface area contributed by atoms with Gasteiger partial charge in [0.05, 0.1) is 13.7 Å². The van der Waals surface area contributed by atoms with Gasteiger partial charge in [-0.05, 0) is 38.1 Å². The molecule has 0 heterocycles. The molecule has 4 nitrogen and oxygen atoms in total. The Morgan fingerprint density at radius 1 is 1.44 bits per heavy atom. The number of Topliss-reactive ketones (excluding diaryl/α,β-unsaturated/α-hetero) is 1. The van der Waals surface area contributed by atoms with Crippen LogP contribution in [0.1, 0.15) is 21.5 Å². The van der Waals surface area contributed by atoms with Crippen LogP contribution in [0.2, 0.25) is 0 Å². The summed E-state index contributed by atoms with van der Waals surface area (Å²) >= 11 is 0. The van der Waals surface area contributed by atoms with Gasteiger partial charge in [-0.25, -0.2) is 0 Å². The van der Waals surface area contributed by atoms with Crippen molar-refractivity contribution in [3.63, 3.8) is 0 Å². The van der Waals surface area contributed by atoms with Crippen LogP contribution in [-0.4, -0.2) is 31.6 Å². The average Bonchev–Trinajstić information content (AvgIpc) is 2.24. The van der Waals surface area contributed by atoms with E-state index in [4.69, 9.17) is 4.74 Å². The number of hydrogen-bond acceptors (Lipinski definition) is 4. The summed E-state index contributed by atoms with van der Waals surface area (Å²) in [5, 5.41) is 12.5. The quantitative estimate of drug-likeness (QED) is 0.758. The molecule has 0 fully saturated rings. The Kier molecular flexibility index (Phi) is 3.90. The summed E-state index contributed by atoms with van der Waals surface area (Å²) in [5.74, 6) is 0.393. The van der Waals surface area contributed by atoms with Crippen LogP contribution in [0.25, 0.3) is 0 Å². The number of rotatable bonds is 4. The van der Waals surface area contributed by atoms with Crippen molar-refractivity contribution in [2.45, 2.75) is 13.8 Å². The number of methoxy groups -OCH3 is 1. The van der Waals surface area contributed by atoms with Crippen molar-refractivity contribution in [1.82, 2.24) is 5.32 Å². The number of ketones is 1. The Balaban J connectivity index is 3.28. The Morgan fingerprint density at radius 3 is 2.56 bits per heavy atom. The van der Waals surface area contributed by atoms with E-state index in [0.29, 0.717) is 11.3 Å². The fraction of sp³-hybridized carbons (Fsp3) is 0.417. The Hall–Kier alpha value is -1.55. The topological polar surface area (TPSA) is 58.6 Å². The van der Waals surface area contributed by atoms with Gasteiger partial charge in [0.25, 0.3) is 0 Å². The number of likely N-dealkylation sites (N-methyl/N-ethyl adjacent to an activating group) is 1. The van der Waals surface area contributed by atoms with Gasteiger partial charge in [-0.3, -0.25) is 4.79 Å². The van der Waals surface area contributed by atoms with Crippen molar-refractivity contribution >= 4 is 5.78 Å². The van der Waals surface area contributed by atoms with Crippen LogP contribution in [0.4, 0.5) is 0 Å². The van der Waals surface area contributed by atoms with E-state index >= 15 is 0 Å². The lowest BCUT2D eigenvalue weighted by Gasteiger charge is -2.13. The molecular weight excluding hydrogens is 206 g/mol. The molecule has 1 aromatic rings. The first-order chi connectivity index (χ1) is 7.52. The van der Waals surface area contributed by atoms with Crippen LogP contribution in [-0.2, 0) is 0 Å². The molecule has 0 aliphatic carbocycles. The number of ether oxygens (including phenoxy) is 1. The number of aromatic hydroxyl groups is 1. The molecule has 0 radical (unpaired) electrons. The highest BCUT2D eigenvalue weighted by Crippen LogP contribution is 2.34. The zero-order chi connectivity index (χ0) is 12.3. The molecule has 2 N–H and O–H groups in total. The summed E-state index contributed by atoms with van der Waals surface area (Å²) < 4.78 is 5.07. The van der Waals surface area contributed by atoms with Crippen LogP contribution in [0.3, 0.4) is 0 Å². The van der Waals surface area contributed by atoms with E-state index in [1.54, 1.807) is 7.05 Å². The van der Waals surface area contributed by atoms with Gasteiger partial charge in [0.1, 0.15) is 0 Å². The van der Waals surface area contributed by atoms with E-state index in [1.165, 1.54) is 13.2 Å². The first-order valence-corrected chi connectivity index (χ1v) is 5.07. The van der Waals surface area contributed by atoms with Crippen molar-refractivity contribution in [3.05, 3.63) is 22.8 Å². The SMILES string of the molecule is CNCC(=O)c1cc(O)c(OC)c(C)c1C. The molecule has 0 spiro atoms. The minimum Gasteiger partial charge on any atom is -0.504 e. The van der Waals surface area contributed by atoms with Gasteiger partial charge >= 0.3 is 0 Å². The molecule has 0 saturated heterocycles. The molecular formula is C12H17NO3. The molecule has 0 aliphatic heterocycles. The molecule has 1 rings (SSSR count). The minimum absolute atomic E-state index is 0.00468. The summed E-state index contributed by atoms with van der Waals surface area (Å²) in [6, 6.07) is 1.46. The van der Waals surface area contributed by atoms with Gasteiger partial charge in [0.15, 0.2) is 17.3 Å². The molecule has 0 atom stereocenters. The second-order valence-corrected chi connectivity index (χ2v) is 3.68. The molecule has 0 aliphatic rings. The molecule has 16 heavy (non-hydrogen) atoms. The summed E-state index contributed by atoms with van der Waals surface area (Å²) in [4.78, 5) is 11.8. The highest BCUT2D eigenvalue weighted by atomic mass is 16.5. The number of hydrogen-bond donors (Lipinski definition) is 2. The van der Waals surface area contributed by atoms with E-state index in [9.17, 15) is 9.90 Å². The lowest BCUT2D eigenvalue weighted by atomic mass is 9.98. The van der Waals surface area contributed by atoms with Gasteiger partial charge < -0.3 is 15.2 Å². The van der Waals surface area contributed by atoms with Gasteiger partial charge in [0, 0.05) is 5.56 Å². The van der Waals surface area contributed by atoms with Gasteiger partial charge in [0.2, 0.25) is 0 Å². The first-order valence-electron chi connectivity index (χ1n) is 5.07. The van der Waals surface area contributed by atoms with E-state index < -0.39 is 0 Å². The maximum Gasteiger partial charge on any atom is 0.177 e. The third-order valence-electron chi connectivity index (χ3n) is 2.66. The zero-order valence-electron chi connectivity index (χ0n) is 10.0. The standard InChI is InChI=1S/C12H17NO3/c1-7-8(2)12(16-4)10(14)5-9(7)11(15)6-13-3/h5,13-14H,6H2,1-4H3. The molecule has 0 unspecified atom stereocenters. The fourth-order valence-corrected chi connectivity index (χ4v) is 1.68. The monoisotopic (exact) mass is 223 g/mol. The van der Waals surface area contributed by atoms with Crippen molar-refractivity contribution < 1.29 is 14.6 Å². The van der Waals surface area contributed by atoms with Crippen molar-refractivity contribution in [2.75, 3.05) is 20.7 Å². The van der Waals surface area contributed by atoms with E-state index in [-0.39, 0.29) is 18.1 Å². The first kappa shape index (κ1) is 12.5. The van der Waals surface area contributed by atoms with Crippen LogP contribution >= 0.6 is 0 Å². The molecule has 1 aromatic carbocycles. The maximum absolute atomic E-state index is 11.8. The number of carbonyl (C=O) groups is 1. The molecule has 4 heteroatoms. The Morgan fingerprint density at radius 2 is 2.06 bits per heavy atom. The predicted molar refractivity (Wildman–Crippen MR) is 62.4 cm³/mol. The highest BCUT2D eigenvalue weighted by molar-refractivity contribution is 6.00. The number of phenolic OH excluding ortho intramolecular Hbond substituents is 1. The number of carbonyl (C=O) groups excluding carboxylic acids is 1. The molecule has 0 amide bonds. The maximum atomic E-state index is 11.8. The van der Waals surface area contributed by atoms with Gasteiger partial charge in [-0.15, -0.1) is 0 Å². The fourth-order valence-electron chi connectivity index (χ4n) is 1.68. The van der Waals surface area contributed by atoms with Crippen molar-refractivity contribution in [3.8, 4) is 11.5 Å². The predicted octanol–water partition coefficient (Wildman–Crippen LogP) is 1.42. The number of benzene rings is 1. The second-order valence-electron chi connectivity index (χ2n) is 3.68. The van der Waals surface area contributed by atoms with E-state index in [2.05, 4.69) is 5.32 Å². The Bertz CT molecular complexity index is 413. The zero-order valence-corrected chi connectivity index (χ0v) is 10.0. The highest BCUT2D eigenvalue weighted by Gasteiger charge is 2.16. The third kappa shape index (κ3) is 2.17.